The molecule has 0 saturated heterocycles. The molecule has 0 spiro atoms. The molecule has 0 aromatic heterocycles. The lowest BCUT2D eigenvalue weighted by atomic mass is 9.84. The van der Waals surface area contributed by atoms with Crippen LogP contribution in [0.4, 0.5) is 0 Å². The van der Waals surface area contributed by atoms with Crippen LogP contribution in [0.5, 0.6) is 0 Å². The largest absolute Gasteiger partial charge is 0.400 e. The van der Waals surface area contributed by atoms with Crippen molar-refractivity contribution in [3.8, 4) is 33.4 Å². The molecule has 0 aliphatic heterocycles. The molecule has 0 fully saturated rings. The van der Waals surface area contributed by atoms with Gasteiger partial charge in [0, 0.05) is 13.7 Å². The normalized spacial score (nSPS) is 10.5. The maximum Gasteiger partial charge on any atom is 0.0717 e. The Kier molecular flexibility index (Phi) is 11.0. The van der Waals surface area contributed by atoms with Gasteiger partial charge in [0.15, 0.2) is 0 Å². The van der Waals surface area contributed by atoms with Crippen LogP contribution in [0.3, 0.4) is 0 Å². The SMILES string of the molecule is CN.CO.Cc1ccc(-c2c3ccccc3c(-c3ccc(COCCN)cc3)c3ccc(-c4ccccc4)cc23)cc1. The fourth-order valence-corrected chi connectivity index (χ4v) is 5.37. The lowest BCUT2D eigenvalue weighted by molar-refractivity contribution is 0.128. The Labute approximate surface area is 249 Å². The highest BCUT2D eigenvalue weighted by molar-refractivity contribution is 6.21. The summed E-state index contributed by atoms with van der Waals surface area (Å²) in [4.78, 5) is 0. The summed E-state index contributed by atoms with van der Waals surface area (Å²) in [5.41, 5.74) is 19.9. The zero-order valence-electron chi connectivity index (χ0n) is 24.7. The molecule has 0 atom stereocenters. The molecular weight excluding hydrogens is 516 g/mol. The topological polar surface area (TPSA) is 81.5 Å². The molecule has 0 radical (unpaired) electrons. The predicted molar refractivity (Wildman–Crippen MR) is 179 cm³/mol. The Morgan fingerprint density at radius 3 is 1.64 bits per heavy atom. The first-order valence-electron chi connectivity index (χ1n) is 14.2. The van der Waals surface area contributed by atoms with Gasteiger partial charge < -0.3 is 21.3 Å². The fourth-order valence-electron chi connectivity index (χ4n) is 5.37. The number of hydrogen-bond acceptors (Lipinski definition) is 4. The smallest absolute Gasteiger partial charge is 0.0717 e. The summed E-state index contributed by atoms with van der Waals surface area (Å²) >= 11 is 0. The summed E-state index contributed by atoms with van der Waals surface area (Å²) in [7, 11) is 2.50. The highest BCUT2D eigenvalue weighted by Gasteiger charge is 2.17. The lowest BCUT2D eigenvalue weighted by Crippen LogP contribution is -2.08. The first-order valence-corrected chi connectivity index (χ1v) is 14.2. The molecule has 0 heterocycles. The summed E-state index contributed by atoms with van der Waals surface area (Å²) in [6.07, 6.45) is 0. The van der Waals surface area contributed by atoms with Crippen LogP contribution in [0, 0.1) is 6.92 Å². The minimum atomic E-state index is 0.536. The quantitative estimate of drug-likeness (QED) is 0.138. The Morgan fingerprint density at radius 1 is 0.548 bits per heavy atom. The molecular formula is C38H40N2O2. The van der Waals surface area contributed by atoms with E-state index in [1.165, 1.54) is 67.5 Å². The standard InChI is InChI=1S/C36H31NO.CH5N.CH4O/c1-25-11-15-28(16-12-25)36-32-10-6-5-9-31(32)35(29-17-13-26(14-18-29)24-38-22-21-37)33-20-19-30(23-34(33)36)27-7-3-2-4-8-27;2*1-2/h2-20,23H,21-22,24,37H2,1H3;2H2,1H3;2H,1H3. The van der Waals surface area contributed by atoms with Crippen molar-refractivity contribution >= 4 is 21.5 Å². The Hall–Kier alpha value is -4.32. The van der Waals surface area contributed by atoms with Gasteiger partial charge in [-0.3, -0.25) is 0 Å². The molecule has 4 heteroatoms. The van der Waals surface area contributed by atoms with Gasteiger partial charge in [0.05, 0.1) is 13.2 Å². The predicted octanol–water partition coefficient (Wildman–Crippen LogP) is 7.96. The van der Waals surface area contributed by atoms with Gasteiger partial charge in [0.2, 0.25) is 0 Å². The van der Waals surface area contributed by atoms with E-state index in [2.05, 4.69) is 134 Å². The van der Waals surface area contributed by atoms with E-state index in [1.54, 1.807) is 0 Å². The van der Waals surface area contributed by atoms with E-state index >= 15 is 0 Å². The average molecular weight is 557 g/mol. The van der Waals surface area contributed by atoms with Gasteiger partial charge in [-0.2, -0.15) is 0 Å². The number of ether oxygens (including phenoxy) is 1. The van der Waals surface area contributed by atoms with Crippen molar-refractivity contribution in [2.45, 2.75) is 13.5 Å². The summed E-state index contributed by atoms with van der Waals surface area (Å²) in [5, 5.41) is 12.0. The van der Waals surface area contributed by atoms with Gasteiger partial charge in [-0.05, 0) is 80.5 Å². The number of fused-ring (bicyclic) bond motifs is 2. The summed E-state index contributed by atoms with van der Waals surface area (Å²) in [5.74, 6) is 0. The van der Waals surface area contributed by atoms with Crippen LogP contribution in [-0.4, -0.2) is 32.4 Å². The number of rotatable bonds is 7. The van der Waals surface area contributed by atoms with Crippen LogP contribution in [0.15, 0.2) is 121 Å². The van der Waals surface area contributed by atoms with Crippen molar-refractivity contribution in [2.24, 2.45) is 11.5 Å². The molecule has 6 aromatic carbocycles. The molecule has 5 N–H and O–H groups in total. The molecule has 0 saturated carbocycles. The van der Waals surface area contributed by atoms with Crippen molar-refractivity contribution < 1.29 is 9.84 Å². The zero-order valence-corrected chi connectivity index (χ0v) is 24.7. The summed E-state index contributed by atoms with van der Waals surface area (Å²) < 4.78 is 5.66. The summed E-state index contributed by atoms with van der Waals surface area (Å²) in [6, 6.07) is 44.0. The van der Waals surface area contributed by atoms with Crippen molar-refractivity contribution in [1.82, 2.24) is 0 Å². The van der Waals surface area contributed by atoms with E-state index in [9.17, 15) is 0 Å². The maximum absolute atomic E-state index is 7.00. The Balaban J connectivity index is 0.000000972. The average Bonchev–Trinajstić information content (AvgIpc) is 3.07. The number of aryl methyl sites for hydroxylation is 1. The fraction of sp³-hybridized carbons (Fsp3) is 0.158. The van der Waals surface area contributed by atoms with E-state index < -0.39 is 0 Å². The lowest BCUT2D eigenvalue weighted by Gasteiger charge is -2.19. The van der Waals surface area contributed by atoms with Crippen molar-refractivity contribution in [3.63, 3.8) is 0 Å². The number of hydrogen-bond donors (Lipinski definition) is 3. The highest BCUT2D eigenvalue weighted by atomic mass is 16.5. The molecule has 0 unspecified atom stereocenters. The highest BCUT2D eigenvalue weighted by Crippen LogP contribution is 2.44. The molecule has 0 aliphatic carbocycles. The zero-order chi connectivity index (χ0) is 29.9. The molecule has 6 rings (SSSR count). The molecule has 42 heavy (non-hydrogen) atoms. The third-order valence-corrected chi connectivity index (χ3v) is 7.24. The second-order valence-corrected chi connectivity index (χ2v) is 9.83. The van der Waals surface area contributed by atoms with E-state index in [1.807, 2.05) is 0 Å². The second-order valence-electron chi connectivity index (χ2n) is 9.83. The Morgan fingerprint density at radius 2 is 1.05 bits per heavy atom. The van der Waals surface area contributed by atoms with Gasteiger partial charge in [0.25, 0.3) is 0 Å². The molecule has 0 bridgehead atoms. The maximum atomic E-state index is 7.00. The monoisotopic (exact) mass is 556 g/mol. The number of nitrogens with two attached hydrogens (primary N) is 2. The number of aliphatic hydroxyl groups excluding tert-OH is 1. The number of benzene rings is 6. The van der Waals surface area contributed by atoms with Crippen LogP contribution < -0.4 is 11.5 Å². The van der Waals surface area contributed by atoms with Gasteiger partial charge in [-0.25, -0.2) is 0 Å². The molecule has 4 nitrogen and oxygen atoms in total. The van der Waals surface area contributed by atoms with E-state index in [-0.39, 0.29) is 0 Å². The third-order valence-electron chi connectivity index (χ3n) is 7.24. The van der Waals surface area contributed by atoms with E-state index in [0.717, 1.165) is 12.7 Å². The molecule has 0 amide bonds. The van der Waals surface area contributed by atoms with Crippen LogP contribution in [0.25, 0.3) is 54.9 Å². The third kappa shape index (κ3) is 6.59. The minimum Gasteiger partial charge on any atom is -0.400 e. The van der Waals surface area contributed by atoms with Crippen LogP contribution in [0.2, 0.25) is 0 Å². The van der Waals surface area contributed by atoms with Crippen molar-refractivity contribution in [2.75, 3.05) is 27.3 Å². The first-order chi connectivity index (χ1) is 20.7. The first kappa shape index (κ1) is 30.6. The van der Waals surface area contributed by atoms with Crippen molar-refractivity contribution in [3.05, 3.63) is 132 Å². The minimum absolute atomic E-state index is 0.536. The van der Waals surface area contributed by atoms with Gasteiger partial charge in [-0.1, -0.05) is 121 Å². The van der Waals surface area contributed by atoms with E-state index in [4.69, 9.17) is 15.6 Å². The summed E-state index contributed by atoms with van der Waals surface area (Å²) in [6.45, 7) is 3.82. The van der Waals surface area contributed by atoms with Gasteiger partial charge >= 0.3 is 0 Å². The molecule has 214 valence electrons. The van der Waals surface area contributed by atoms with Crippen molar-refractivity contribution in [1.29, 1.82) is 0 Å². The van der Waals surface area contributed by atoms with Gasteiger partial charge in [-0.15, -0.1) is 0 Å². The van der Waals surface area contributed by atoms with Crippen LogP contribution in [0.1, 0.15) is 11.1 Å². The Bertz CT molecular complexity index is 1710. The molecule has 0 aliphatic rings. The number of aliphatic hydroxyl groups is 1. The van der Waals surface area contributed by atoms with Gasteiger partial charge in [0.1, 0.15) is 0 Å². The molecule has 6 aromatic rings. The van der Waals surface area contributed by atoms with E-state index in [0.29, 0.717) is 19.8 Å². The second kappa shape index (κ2) is 15.1. The van der Waals surface area contributed by atoms with Crippen LogP contribution in [-0.2, 0) is 11.3 Å². The van der Waals surface area contributed by atoms with Crippen LogP contribution >= 0.6 is 0 Å².